The van der Waals surface area contributed by atoms with Gasteiger partial charge >= 0.3 is 0 Å². The highest BCUT2D eigenvalue weighted by Gasteiger charge is 2.19. The molecule has 0 aliphatic carbocycles. The summed E-state index contributed by atoms with van der Waals surface area (Å²) in [6.07, 6.45) is 7.62. The molecule has 0 aromatic carbocycles. The van der Waals surface area contributed by atoms with Gasteiger partial charge in [-0.3, -0.25) is 9.59 Å². The van der Waals surface area contributed by atoms with Crippen molar-refractivity contribution in [3.05, 3.63) is 46.7 Å². The predicted molar refractivity (Wildman–Crippen MR) is 73.2 cm³/mol. The molecule has 2 rings (SSSR count). The molecule has 106 valence electrons. The summed E-state index contributed by atoms with van der Waals surface area (Å²) in [7, 11) is 1.88. The molecule has 2 aromatic rings. The first-order valence-corrected chi connectivity index (χ1v) is 6.44. The van der Waals surface area contributed by atoms with Crippen LogP contribution in [-0.2, 0) is 7.05 Å². The first-order chi connectivity index (χ1) is 9.61. The van der Waals surface area contributed by atoms with Gasteiger partial charge in [0, 0.05) is 25.6 Å². The van der Waals surface area contributed by atoms with Crippen LogP contribution in [0.25, 0.3) is 0 Å². The van der Waals surface area contributed by atoms with E-state index in [9.17, 15) is 9.59 Å². The van der Waals surface area contributed by atoms with Crippen LogP contribution in [0.1, 0.15) is 42.1 Å². The Hall–Kier alpha value is -2.44. The average Bonchev–Trinajstić information content (AvgIpc) is 2.85. The predicted octanol–water partition coefficient (Wildman–Crippen LogP) is 0.775. The fraction of sp³-hybridized carbons (Fsp3) is 0.385. The number of hydrogen-bond donors (Lipinski definition) is 2. The Morgan fingerprint density at radius 1 is 1.50 bits per heavy atom. The number of amides is 1. The van der Waals surface area contributed by atoms with Gasteiger partial charge in [0.25, 0.3) is 11.5 Å². The molecule has 1 atom stereocenters. The third kappa shape index (κ3) is 3.11. The zero-order valence-electron chi connectivity index (χ0n) is 11.5. The minimum absolute atomic E-state index is 0.179. The highest BCUT2D eigenvalue weighted by molar-refractivity contribution is 5.92. The van der Waals surface area contributed by atoms with E-state index in [4.69, 9.17) is 0 Å². The maximum atomic E-state index is 12.1. The van der Waals surface area contributed by atoms with Crippen molar-refractivity contribution in [2.45, 2.75) is 25.8 Å². The van der Waals surface area contributed by atoms with Crippen LogP contribution in [0, 0.1) is 0 Å². The number of nitrogens with zero attached hydrogens (tertiary/aromatic N) is 3. The second-order valence-corrected chi connectivity index (χ2v) is 4.51. The van der Waals surface area contributed by atoms with Gasteiger partial charge in [0.05, 0.1) is 12.2 Å². The zero-order valence-corrected chi connectivity index (χ0v) is 11.5. The van der Waals surface area contributed by atoms with Crippen LogP contribution in [-0.4, -0.2) is 25.4 Å². The number of imidazole rings is 1. The van der Waals surface area contributed by atoms with Crippen molar-refractivity contribution in [1.82, 2.24) is 24.8 Å². The van der Waals surface area contributed by atoms with E-state index in [1.807, 2.05) is 24.7 Å². The van der Waals surface area contributed by atoms with Crippen LogP contribution < -0.4 is 10.9 Å². The van der Waals surface area contributed by atoms with Gasteiger partial charge in [0.15, 0.2) is 0 Å². The molecule has 20 heavy (non-hydrogen) atoms. The lowest BCUT2D eigenvalue weighted by Gasteiger charge is -2.17. The summed E-state index contributed by atoms with van der Waals surface area (Å²) in [5.74, 6) is 0.465. The molecule has 1 amide bonds. The second kappa shape index (κ2) is 6.14. The number of H-pyrrole nitrogens is 1. The smallest absolute Gasteiger partial charge is 0.271 e. The van der Waals surface area contributed by atoms with Crippen molar-refractivity contribution < 1.29 is 4.79 Å². The van der Waals surface area contributed by atoms with Gasteiger partial charge in [0.2, 0.25) is 0 Å². The summed E-state index contributed by atoms with van der Waals surface area (Å²) >= 11 is 0. The molecule has 2 heterocycles. The maximum absolute atomic E-state index is 12.1. The minimum atomic E-state index is -0.337. The Balaban J connectivity index is 2.16. The van der Waals surface area contributed by atoms with E-state index in [2.05, 4.69) is 20.3 Å². The molecule has 0 bridgehead atoms. The number of aromatic amines is 1. The third-order valence-corrected chi connectivity index (χ3v) is 2.96. The van der Waals surface area contributed by atoms with Crippen LogP contribution in [0.5, 0.6) is 0 Å². The van der Waals surface area contributed by atoms with Gasteiger partial charge < -0.3 is 14.9 Å². The number of carbonyl (C=O) groups is 1. The van der Waals surface area contributed by atoms with E-state index in [1.165, 1.54) is 6.20 Å². The van der Waals surface area contributed by atoms with Crippen LogP contribution in [0.4, 0.5) is 0 Å². The largest absolute Gasteiger partial charge is 0.341 e. The fourth-order valence-corrected chi connectivity index (χ4v) is 1.97. The van der Waals surface area contributed by atoms with Gasteiger partial charge in [-0.1, -0.05) is 13.3 Å². The van der Waals surface area contributed by atoms with Gasteiger partial charge in [-0.05, 0) is 6.42 Å². The lowest BCUT2D eigenvalue weighted by molar-refractivity contribution is 0.0926. The van der Waals surface area contributed by atoms with Crippen LogP contribution >= 0.6 is 0 Å². The molecule has 0 aliphatic heterocycles. The van der Waals surface area contributed by atoms with Gasteiger partial charge in [-0.2, -0.15) is 0 Å². The van der Waals surface area contributed by atoms with Gasteiger partial charge in [-0.15, -0.1) is 0 Å². The second-order valence-electron chi connectivity index (χ2n) is 4.51. The number of aryl methyl sites for hydroxylation is 1. The van der Waals surface area contributed by atoms with E-state index < -0.39 is 0 Å². The summed E-state index contributed by atoms with van der Waals surface area (Å²) in [5, 5.41) is 2.89. The molecular formula is C13H17N5O2. The fourth-order valence-electron chi connectivity index (χ4n) is 1.97. The summed E-state index contributed by atoms with van der Waals surface area (Å²) in [4.78, 5) is 33.6. The SMILES string of the molecule is CCCC(NC(=O)c1c[nH]c(=O)cn1)c1nccn1C. The number of carbonyl (C=O) groups excluding carboxylic acids is 1. The highest BCUT2D eigenvalue weighted by atomic mass is 16.2. The van der Waals surface area contributed by atoms with Crippen molar-refractivity contribution in [3.8, 4) is 0 Å². The number of hydrogen-bond acceptors (Lipinski definition) is 4. The monoisotopic (exact) mass is 275 g/mol. The average molecular weight is 275 g/mol. The summed E-state index contributed by atoms with van der Waals surface area (Å²) in [5.41, 5.74) is -0.157. The van der Waals surface area contributed by atoms with Crippen molar-refractivity contribution >= 4 is 5.91 Å². The van der Waals surface area contributed by atoms with Crippen molar-refractivity contribution in [1.29, 1.82) is 0 Å². The molecular weight excluding hydrogens is 258 g/mol. The Morgan fingerprint density at radius 2 is 2.30 bits per heavy atom. The first-order valence-electron chi connectivity index (χ1n) is 6.44. The first kappa shape index (κ1) is 14.0. The molecule has 0 aliphatic rings. The van der Waals surface area contributed by atoms with Crippen LogP contribution in [0.3, 0.4) is 0 Å². The normalized spacial score (nSPS) is 12.1. The van der Waals surface area contributed by atoms with Crippen molar-refractivity contribution in [2.75, 3.05) is 0 Å². The molecule has 0 radical (unpaired) electrons. The van der Waals surface area contributed by atoms with E-state index in [1.54, 1.807) is 6.20 Å². The lowest BCUT2D eigenvalue weighted by atomic mass is 10.1. The van der Waals surface area contributed by atoms with Crippen LogP contribution in [0.2, 0.25) is 0 Å². The van der Waals surface area contributed by atoms with E-state index in [-0.39, 0.29) is 23.2 Å². The molecule has 0 fully saturated rings. The van der Waals surface area contributed by atoms with Crippen molar-refractivity contribution in [2.24, 2.45) is 7.05 Å². The summed E-state index contributed by atoms with van der Waals surface area (Å²) < 4.78 is 1.88. The molecule has 7 heteroatoms. The molecule has 1 unspecified atom stereocenters. The number of rotatable bonds is 5. The standard InChI is InChI=1S/C13H17N5O2/c1-3-4-9(12-14-5-6-18(12)2)17-13(20)10-7-16-11(19)8-15-10/h5-9H,3-4H2,1-2H3,(H,16,19)(H,17,20). The maximum Gasteiger partial charge on any atom is 0.271 e. The lowest BCUT2D eigenvalue weighted by Crippen LogP contribution is -2.31. The van der Waals surface area contributed by atoms with E-state index >= 15 is 0 Å². The van der Waals surface area contributed by atoms with Crippen molar-refractivity contribution in [3.63, 3.8) is 0 Å². The summed E-state index contributed by atoms with van der Waals surface area (Å²) in [6.45, 7) is 2.04. The zero-order chi connectivity index (χ0) is 14.5. The van der Waals surface area contributed by atoms with E-state index in [0.29, 0.717) is 0 Å². The van der Waals surface area contributed by atoms with E-state index in [0.717, 1.165) is 24.9 Å². The van der Waals surface area contributed by atoms with Gasteiger partial charge in [0.1, 0.15) is 11.5 Å². The summed E-state index contributed by atoms with van der Waals surface area (Å²) in [6, 6.07) is -0.179. The number of nitrogens with one attached hydrogen (secondary N) is 2. The molecule has 2 N–H and O–H groups in total. The van der Waals surface area contributed by atoms with Crippen LogP contribution in [0.15, 0.2) is 29.6 Å². The highest BCUT2D eigenvalue weighted by Crippen LogP contribution is 2.16. The van der Waals surface area contributed by atoms with Gasteiger partial charge in [-0.25, -0.2) is 9.97 Å². The Morgan fingerprint density at radius 3 is 2.85 bits per heavy atom. The molecule has 0 spiro atoms. The number of aromatic nitrogens is 4. The topological polar surface area (TPSA) is 92.7 Å². The molecule has 0 saturated heterocycles. The molecule has 7 nitrogen and oxygen atoms in total. The Kier molecular flexibility index (Phi) is 4.29. The third-order valence-electron chi connectivity index (χ3n) is 2.96. The minimum Gasteiger partial charge on any atom is -0.341 e. The molecule has 0 saturated carbocycles. The molecule has 2 aromatic heterocycles. The Bertz CT molecular complexity index is 626. The quantitative estimate of drug-likeness (QED) is 0.843. The Labute approximate surface area is 116 Å².